The molecular weight excluding hydrogens is 276 g/mol. The summed E-state index contributed by atoms with van der Waals surface area (Å²) < 4.78 is 34.6. The molecule has 0 spiro atoms. The summed E-state index contributed by atoms with van der Waals surface area (Å²) in [4.78, 5) is 4.41. The third-order valence-electron chi connectivity index (χ3n) is 3.04. The van der Waals surface area contributed by atoms with Crippen molar-refractivity contribution in [1.82, 2.24) is 4.98 Å². The van der Waals surface area contributed by atoms with Gasteiger partial charge in [0.1, 0.15) is 5.52 Å². The molecule has 2 heterocycles. The van der Waals surface area contributed by atoms with Crippen LogP contribution in [0.15, 0.2) is 18.2 Å². The number of alkyl halides is 2. The number of pyridine rings is 1. The molecule has 100 valence electrons. The van der Waals surface area contributed by atoms with E-state index in [0.717, 1.165) is 11.3 Å². The average molecular weight is 286 g/mol. The second-order valence-electron chi connectivity index (χ2n) is 4.18. The van der Waals surface area contributed by atoms with Crippen molar-refractivity contribution in [1.29, 1.82) is 0 Å². The molecular formula is C13H10ClF2NO2. The molecule has 0 saturated carbocycles. The monoisotopic (exact) mass is 285 g/mol. The van der Waals surface area contributed by atoms with E-state index in [4.69, 9.17) is 16.3 Å². The molecule has 1 aromatic carbocycles. The van der Waals surface area contributed by atoms with Crippen LogP contribution in [0.2, 0.25) is 5.02 Å². The van der Waals surface area contributed by atoms with Crippen LogP contribution in [-0.2, 0) is 17.8 Å². The fourth-order valence-corrected chi connectivity index (χ4v) is 2.51. The van der Waals surface area contributed by atoms with E-state index in [0.29, 0.717) is 35.6 Å². The zero-order chi connectivity index (χ0) is 13.4. The van der Waals surface area contributed by atoms with E-state index in [1.165, 1.54) is 6.07 Å². The summed E-state index contributed by atoms with van der Waals surface area (Å²) in [5, 5.41) is 1.10. The van der Waals surface area contributed by atoms with Gasteiger partial charge in [0.05, 0.1) is 23.9 Å². The average Bonchev–Trinajstić information content (AvgIpc) is 2.40. The smallest absolute Gasteiger partial charge is 0.387 e. The molecule has 0 saturated heterocycles. The zero-order valence-corrected chi connectivity index (χ0v) is 10.6. The molecule has 1 aromatic heterocycles. The number of rotatable bonds is 2. The van der Waals surface area contributed by atoms with Gasteiger partial charge in [-0.3, -0.25) is 0 Å². The lowest BCUT2D eigenvalue weighted by molar-refractivity contribution is -0.0489. The third kappa shape index (κ3) is 2.24. The Hall–Kier alpha value is -1.46. The third-order valence-corrected chi connectivity index (χ3v) is 3.47. The van der Waals surface area contributed by atoms with Crippen LogP contribution in [-0.4, -0.2) is 18.2 Å². The van der Waals surface area contributed by atoms with Gasteiger partial charge in [-0.05, 0) is 6.07 Å². The first kappa shape index (κ1) is 12.6. The lowest BCUT2D eigenvalue weighted by Crippen LogP contribution is -2.13. The minimum atomic E-state index is -2.88. The molecule has 1 aliphatic heterocycles. The molecule has 0 atom stereocenters. The van der Waals surface area contributed by atoms with Crippen LogP contribution in [0.3, 0.4) is 0 Å². The zero-order valence-electron chi connectivity index (χ0n) is 9.83. The molecule has 3 rings (SSSR count). The first-order valence-electron chi connectivity index (χ1n) is 5.79. The largest absolute Gasteiger partial charge is 0.432 e. The summed E-state index contributed by atoms with van der Waals surface area (Å²) in [5.41, 5.74) is 1.98. The summed E-state index contributed by atoms with van der Waals surface area (Å²) >= 11 is 6.30. The molecule has 2 aromatic rings. The van der Waals surface area contributed by atoms with Gasteiger partial charge in [-0.25, -0.2) is 4.98 Å². The van der Waals surface area contributed by atoms with Crippen LogP contribution in [0.5, 0.6) is 5.75 Å². The van der Waals surface area contributed by atoms with E-state index in [2.05, 4.69) is 9.72 Å². The number of aromatic nitrogens is 1. The van der Waals surface area contributed by atoms with E-state index in [1.807, 2.05) is 0 Å². The maximum absolute atomic E-state index is 12.4. The predicted octanol–water partition coefficient (Wildman–Crippen LogP) is 3.56. The highest BCUT2D eigenvalue weighted by atomic mass is 35.5. The lowest BCUT2D eigenvalue weighted by atomic mass is 10.1. The molecule has 3 nitrogen and oxygen atoms in total. The number of nitrogens with zero attached hydrogens (tertiary/aromatic N) is 1. The number of para-hydroxylation sites is 1. The molecule has 0 N–H and O–H groups in total. The van der Waals surface area contributed by atoms with Crippen LogP contribution in [0.1, 0.15) is 11.3 Å². The molecule has 0 bridgehead atoms. The highest BCUT2D eigenvalue weighted by molar-refractivity contribution is 6.36. The van der Waals surface area contributed by atoms with Crippen molar-refractivity contribution < 1.29 is 18.3 Å². The fraction of sp³-hybridized carbons (Fsp3) is 0.308. The topological polar surface area (TPSA) is 31.4 Å². The van der Waals surface area contributed by atoms with Crippen molar-refractivity contribution in [3.05, 3.63) is 34.5 Å². The van der Waals surface area contributed by atoms with Crippen molar-refractivity contribution >= 4 is 22.5 Å². The number of ether oxygens (including phenoxy) is 2. The number of benzene rings is 1. The van der Waals surface area contributed by atoms with Gasteiger partial charge < -0.3 is 9.47 Å². The Bertz CT molecular complexity index is 634. The van der Waals surface area contributed by atoms with Gasteiger partial charge in [-0.15, -0.1) is 0 Å². The second kappa shape index (κ2) is 4.90. The Labute approximate surface area is 113 Å². The summed E-state index contributed by atoms with van der Waals surface area (Å²) in [6.07, 6.45) is 0.619. The van der Waals surface area contributed by atoms with Crippen molar-refractivity contribution in [2.45, 2.75) is 19.6 Å². The quantitative estimate of drug-likeness (QED) is 0.845. The Morgan fingerprint density at radius 1 is 1.37 bits per heavy atom. The summed E-state index contributed by atoms with van der Waals surface area (Å²) in [6.45, 7) is -1.93. The van der Waals surface area contributed by atoms with Crippen molar-refractivity contribution in [3.63, 3.8) is 0 Å². The highest BCUT2D eigenvalue weighted by Gasteiger charge is 2.19. The van der Waals surface area contributed by atoms with Crippen LogP contribution in [0, 0.1) is 0 Å². The minimum absolute atomic E-state index is 0.0451. The summed E-state index contributed by atoms with van der Waals surface area (Å²) in [7, 11) is 0. The summed E-state index contributed by atoms with van der Waals surface area (Å²) in [5.74, 6) is 0.0451. The van der Waals surface area contributed by atoms with Crippen LogP contribution >= 0.6 is 11.6 Å². The maximum atomic E-state index is 12.4. The number of hydrogen-bond acceptors (Lipinski definition) is 3. The van der Waals surface area contributed by atoms with Crippen LogP contribution in [0.25, 0.3) is 10.9 Å². The molecule has 1 aliphatic rings. The predicted molar refractivity (Wildman–Crippen MR) is 66.7 cm³/mol. The first-order chi connectivity index (χ1) is 9.16. The number of halogens is 3. The fourth-order valence-electron chi connectivity index (χ4n) is 2.19. The van der Waals surface area contributed by atoms with E-state index in [-0.39, 0.29) is 5.75 Å². The maximum Gasteiger partial charge on any atom is 0.387 e. The van der Waals surface area contributed by atoms with Gasteiger partial charge in [-0.1, -0.05) is 23.7 Å². The van der Waals surface area contributed by atoms with Gasteiger partial charge in [0.15, 0.2) is 5.75 Å². The lowest BCUT2D eigenvalue weighted by Gasteiger charge is -2.19. The van der Waals surface area contributed by atoms with Crippen molar-refractivity contribution in [2.24, 2.45) is 0 Å². The van der Waals surface area contributed by atoms with Crippen LogP contribution < -0.4 is 4.74 Å². The normalized spacial score (nSPS) is 14.7. The van der Waals surface area contributed by atoms with Gasteiger partial charge in [0, 0.05) is 17.4 Å². The molecule has 19 heavy (non-hydrogen) atoms. The van der Waals surface area contributed by atoms with E-state index in [9.17, 15) is 8.78 Å². The highest BCUT2D eigenvalue weighted by Crippen LogP contribution is 2.35. The summed E-state index contributed by atoms with van der Waals surface area (Å²) in [6, 6.07) is 4.81. The van der Waals surface area contributed by atoms with Gasteiger partial charge in [-0.2, -0.15) is 8.78 Å². The molecule has 0 amide bonds. The van der Waals surface area contributed by atoms with Gasteiger partial charge in [0.2, 0.25) is 0 Å². The van der Waals surface area contributed by atoms with E-state index >= 15 is 0 Å². The Morgan fingerprint density at radius 2 is 2.21 bits per heavy atom. The second-order valence-corrected chi connectivity index (χ2v) is 4.56. The standard InChI is InChI=1S/C13H10ClF2NO2/c14-11-7-2-1-3-10(19-13(15)16)12(7)17-9-4-5-18-6-8(9)11/h1-3,13H,4-6H2. The van der Waals surface area contributed by atoms with E-state index in [1.54, 1.807) is 12.1 Å². The van der Waals surface area contributed by atoms with Gasteiger partial charge in [0.25, 0.3) is 0 Å². The van der Waals surface area contributed by atoms with E-state index < -0.39 is 6.61 Å². The molecule has 0 unspecified atom stereocenters. The number of fused-ring (bicyclic) bond motifs is 2. The number of hydrogen-bond donors (Lipinski definition) is 0. The minimum Gasteiger partial charge on any atom is -0.432 e. The molecule has 0 radical (unpaired) electrons. The molecule has 0 aliphatic carbocycles. The Morgan fingerprint density at radius 3 is 3.00 bits per heavy atom. The molecule has 6 heteroatoms. The first-order valence-corrected chi connectivity index (χ1v) is 6.17. The van der Waals surface area contributed by atoms with Crippen LogP contribution in [0.4, 0.5) is 8.78 Å². The van der Waals surface area contributed by atoms with Gasteiger partial charge >= 0.3 is 6.61 Å². The molecule has 0 fully saturated rings. The van der Waals surface area contributed by atoms with Crippen molar-refractivity contribution in [3.8, 4) is 5.75 Å². The van der Waals surface area contributed by atoms with Crippen molar-refractivity contribution in [2.75, 3.05) is 6.61 Å². The Balaban J connectivity index is 2.23. The SMILES string of the molecule is FC(F)Oc1cccc2c(Cl)c3c(nc12)CCOC3. The Kier molecular flexibility index (Phi) is 3.24.